The summed E-state index contributed by atoms with van der Waals surface area (Å²) in [4.78, 5) is 26.9. The highest BCUT2D eigenvalue weighted by atomic mass is 16.6. The molecule has 1 heterocycles. The van der Waals surface area contributed by atoms with Gasteiger partial charge in [0.05, 0.1) is 18.6 Å². The number of nitro groups is 1. The molecule has 0 saturated heterocycles. The van der Waals surface area contributed by atoms with Gasteiger partial charge >= 0.3 is 0 Å². The van der Waals surface area contributed by atoms with Gasteiger partial charge in [-0.1, -0.05) is 11.2 Å². The standard InChI is InChI=1S/C18H16N4O5/c1-11-3-4-13(9-15(11)22(24)25)18(23)19-10-16-20-17(21-27-16)12-5-7-14(26-2)8-6-12/h3-9H,10H2,1-2H3,(H,19,23). The van der Waals surface area contributed by atoms with Gasteiger partial charge in [-0.15, -0.1) is 0 Å². The number of nitrogens with one attached hydrogen (secondary N) is 1. The van der Waals surface area contributed by atoms with E-state index >= 15 is 0 Å². The van der Waals surface area contributed by atoms with Crippen LogP contribution in [0.4, 0.5) is 5.69 Å². The van der Waals surface area contributed by atoms with Crippen LogP contribution in [0.2, 0.25) is 0 Å². The lowest BCUT2D eigenvalue weighted by Crippen LogP contribution is -2.23. The summed E-state index contributed by atoms with van der Waals surface area (Å²) in [5.74, 6) is 0.841. The Balaban J connectivity index is 1.67. The zero-order valence-corrected chi connectivity index (χ0v) is 14.6. The van der Waals surface area contributed by atoms with Crippen molar-refractivity contribution in [2.45, 2.75) is 13.5 Å². The van der Waals surface area contributed by atoms with Gasteiger partial charge in [-0.2, -0.15) is 4.98 Å². The molecule has 3 aromatic rings. The van der Waals surface area contributed by atoms with E-state index in [9.17, 15) is 14.9 Å². The summed E-state index contributed by atoms with van der Waals surface area (Å²) in [6.45, 7) is 1.61. The molecule has 0 unspecified atom stereocenters. The lowest BCUT2D eigenvalue weighted by Gasteiger charge is -2.03. The van der Waals surface area contributed by atoms with Crippen LogP contribution in [0.25, 0.3) is 11.4 Å². The van der Waals surface area contributed by atoms with Gasteiger partial charge in [0, 0.05) is 22.8 Å². The Morgan fingerprint density at radius 1 is 1.26 bits per heavy atom. The molecule has 0 radical (unpaired) electrons. The van der Waals surface area contributed by atoms with Crippen LogP contribution in [-0.4, -0.2) is 28.1 Å². The molecule has 0 atom stereocenters. The number of aromatic nitrogens is 2. The monoisotopic (exact) mass is 368 g/mol. The number of nitrogens with zero attached hydrogens (tertiary/aromatic N) is 3. The smallest absolute Gasteiger partial charge is 0.273 e. The molecule has 2 aromatic carbocycles. The molecule has 1 amide bonds. The summed E-state index contributed by atoms with van der Waals surface area (Å²) in [5.41, 5.74) is 1.30. The summed E-state index contributed by atoms with van der Waals surface area (Å²) in [5, 5.41) is 17.5. The van der Waals surface area contributed by atoms with Crippen LogP contribution in [0, 0.1) is 17.0 Å². The van der Waals surface area contributed by atoms with Crippen molar-refractivity contribution in [1.29, 1.82) is 0 Å². The van der Waals surface area contributed by atoms with Crippen LogP contribution in [0.1, 0.15) is 21.8 Å². The zero-order chi connectivity index (χ0) is 19.4. The Labute approximate surface area is 154 Å². The summed E-state index contributed by atoms with van der Waals surface area (Å²) in [7, 11) is 1.58. The quantitative estimate of drug-likeness (QED) is 0.524. The van der Waals surface area contributed by atoms with Gasteiger partial charge in [-0.25, -0.2) is 0 Å². The first-order chi connectivity index (χ1) is 13.0. The van der Waals surface area contributed by atoms with Crippen molar-refractivity contribution in [3.8, 4) is 17.1 Å². The van der Waals surface area contributed by atoms with Gasteiger partial charge in [0.1, 0.15) is 5.75 Å². The SMILES string of the molecule is COc1ccc(-c2noc(CNC(=O)c3ccc(C)c([N+](=O)[O-])c3)n2)cc1. The average Bonchev–Trinajstić information content (AvgIpc) is 3.15. The molecule has 1 N–H and O–H groups in total. The van der Waals surface area contributed by atoms with Crippen LogP contribution in [0.3, 0.4) is 0 Å². The fourth-order valence-electron chi connectivity index (χ4n) is 2.39. The first-order valence-corrected chi connectivity index (χ1v) is 7.98. The highest BCUT2D eigenvalue weighted by molar-refractivity contribution is 5.94. The van der Waals surface area contributed by atoms with Gasteiger partial charge < -0.3 is 14.6 Å². The fourth-order valence-corrected chi connectivity index (χ4v) is 2.39. The van der Waals surface area contributed by atoms with E-state index in [2.05, 4.69) is 15.5 Å². The minimum absolute atomic E-state index is 0.00363. The third-order valence-corrected chi connectivity index (χ3v) is 3.88. The predicted octanol–water partition coefficient (Wildman–Crippen LogP) is 2.89. The second kappa shape index (κ2) is 7.65. The molecule has 9 nitrogen and oxygen atoms in total. The molecule has 0 aliphatic heterocycles. The molecule has 0 fully saturated rings. The summed E-state index contributed by atoms with van der Waals surface area (Å²) >= 11 is 0. The molecule has 0 bridgehead atoms. The normalized spacial score (nSPS) is 10.4. The topological polar surface area (TPSA) is 120 Å². The highest BCUT2D eigenvalue weighted by Gasteiger charge is 2.16. The molecular formula is C18H16N4O5. The second-order valence-corrected chi connectivity index (χ2v) is 5.68. The summed E-state index contributed by atoms with van der Waals surface area (Å²) in [6.07, 6.45) is 0. The third kappa shape index (κ3) is 4.09. The first kappa shape index (κ1) is 18.1. The Morgan fingerprint density at radius 3 is 2.67 bits per heavy atom. The van der Waals surface area contributed by atoms with Crippen molar-refractivity contribution >= 4 is 11.6 Å². The molecule has 27 heavy (non-hydrogen) atoms. The van der Waals surface area contributed by atoms with Crippen molar-refractivity contribution in [2.75, 3.05) is 7.11 Å². The lowest BCUT2D eigenvalue weighted by molar-refractivity contribution is -0.385. The molecule has 0 spiro atoms. The van der Waals surface area contributed by atoms with Crippen molar-refractivity contribution in [3.05, 3.63) is 69.6 Å². The molecule has 0 aliphatic rings. The van der Waals surface area contributed by atoms with E-state index in [4.69, 9.17) is 9.26 Å². The minimum Gasteiger partial charge on any atom is -0.497 e. The molecule has 3 rings (SSSR count). The van der Waals surface area contributed by atoms with E-state index in [1.54, 1.807) is 38.3 Å². The Bertz CT molecular complexity index is 982. The largest absolute Gasteiger partial charge is 0.497 e. The molecule has 138 valence electrons. The molecule has 9 heteroatoms. The average molecular weight is 368 g/mol. The maximum atomic E-state index is 12.2. The number of carbonyl (C=O) groups excluding carboxylic acids is 1. The van der Waals surface area contributed by atoms with Crippen LogP contribution in [-0.2, 0) is 6.54 Å². The molecule has 0 saturated carbocycles. The molecule has 1 aromatic heterocycles. The number of hydrogen-bond acceptors (Lipinski definition) is 7. The minimum atomic E-state index is -0.523. The van der Waals surface area contributed by atoms with Gasteiger partial charge in [-0.3, -0.25) is 14.9 Å². The second-order valence-electron chi connectivity index (χ2n) is 5.68. The van der Waals surface area contributed by atoms with E-state index in [0.29, 0.717) is 17.1 Å². The number of amides is 1. The number of hydrogen-bond donors (Lipinski definition) is 1. The van der Waals surface area contributed by atoms with E-state index in [-0.39, 0.29) is 23.7 Å². The van der Waals surface area contributed by atoms with Crippen molar-refractivity contribution in [3.63, 3.8) is 0 Å². The zero-order valence-electron chi connectivity index (χ0n) is 14.6. The Morgan fingerprint density at radius 2 is 2.00 bits per heavy atom. The van der Waals surface area contributed by atoms with E-state index < -0.39 is 10.8 Å². The maximum absolute atomic E-state index is 12.2. The van der Waals surface area contributed by atoms with Gasteiger partial charge in [0.25, 0.3) is 11.6 Å². The van der Waals surface area contributed by atoms with Crippen molar-refractivity contribution in [2.24, 2.45) is 0 Å². The lowest BCUT2D eigenvalue weighted by atomic mass is 10.1. The molecule has 0 aliphatic carbocycles. The van der Waals surface area contributed by atoms with Crippen LogP contribution in [0.5, 0.6) is 5.75 Å². The number of ether oxygens (including phenoxy) is 1. The van der Waals surface area contributed by atoms with Crippen molar-refractivity contribution < 1.29 is 19.0 Å². The Kier molecular flexibility index (Phi) is 5.11. The summed E-state index contributed by atoms with van der Waals surface area (Å²) in [6, 6.07) is 11.4. The number of nitro benzene ring substituents is 1. The Hall–Kier alpha value is -3.75. The van der Waals surface area contributed by atoms with E-state index in [1.807, 2.05) is 0 Å². The van der Waals surface area contributed by atoms with E-state index in [0.717, 1.165) is 5.56 Å². The highest BCUT2D eigenvalue weighted by Crippen LogP contribution is 2.20. The van der Waals surface area contributed by atoms with Crippen LogP contribution >= 0.6 is 0 Å². The van der Waals surface area contributed by atoms with Gasteiger partial charge in [0.2, 0.25) is 11.7 Å². The van der Waals surface area contributed by atoms with Crippen LogP contribution in [0.15, 0.2) is 47.0 Å². The number of rotatable bonds is 6. The molecular weight excluding hydrogens is 352 g/mol. The number of aryl methyl sites for hydroxylation is 1. The number of methoxy groups -OCH3 is 1. The van der Waals surface area contributed by atoms with Crippen LogP contribution < -0.4 is 10.1 Å². The summed E-state index contributed by atoms with van der Waals surface area (Å²) < 4.78 is 10.2. The van der Waals surface area contributed by atoms with Crippen molar-refractivity contribution in [1.82, 2.24) is 15.5 Å². The van der Waals surface area contributed by atoms with Gasteiger partial charge in [0.15, 0.2) is 0 Å². The third-order valence-electron chi connectivity index (χ3n) is 3.88. The number of benzene rings is 2. The number of carbonyl (C=O) groups is 1. The maximum Gasteiger partial charge on any atom is 0.273 e. The van der Waals surface area contributed by atoms with E-state index in [1.165, 1.54) is 18.2 Å². The predicted molar refractivity (Wildman–Crippen MR) is 95.3 cm³/mol. The first-order valence-electron chi connectivity index (χ1n) is 7.98. The fraction of sp³-hybridized carbons (Fsp3) is 0.167. The van der Waals surface area contributed by atoms with Gasteiger partial charge in [-0.05, 0) is 37.3 Å².